The van der Waals surface area contributed by atoms with Gasteiger partial charge in [0.05, 0.1) is 13.2 Å². The Balaban J connectivity index is 1.93. The van der Waals surface area contributed by atoms with Crippen LogP contribution in [-0.2, 0) is 13.2 Å². The fourth-order valence-corrected chi connectivity index (χ4v) is 1.84. The lowest BCUT2D eigenvalue weighted by molar-refractivity contribution is 0.244. The van der Waals surface area contributed by atoms with E-state index in [0.717, 1.165) is 36.1 Å². The Morgan fingerprint density at radius 2 is 1.65 bits per heavy atom. The van der Waals surface area contributed by atoms with Gasteiger partial charge in [-0.25, -0.2) is 0 Å². The Kier molecular flexibility index (Phi) is 5.50. The lowest BCUT2D eigenvalue weighted by Gasteiger charge is -2.10. The van der Waals surface area contributed by atoms with Crippen LogP contribution in [0.15, 0.2) is 40.8 Å². The van der Waals surface area contributed by atoms with Gasteiger partial charge in [0.15, 0.2) is 11.5 Å². The minimum absolute atomic E-state index is 0.399. The average molecular weight is 275 g/mol. The van der Waals surface area contributed by atoms with Crippen molar-refractivity contribution in [1.82, 2.24) is 5.32 Å². The molecule has 1 N–H and O–H groups in total. The topological polar surface area (TPSA) is 43.6 Å². The van der Waals surface area contributed by atoms with Crippen LogP contribution in [0.3, 0.4) is 0 Å². The van der Waals surface area contributed by atoms with Crippen molar-refractivity contribution in [2.75, 3.05) is 13.2 Å². The third-order valence-electron chi connectivity index (χ3n) is 2.79. The largest absolute Gasteiger partial charge is 0.490 e. The molecule has 0 aliphatic carbocycles. The number of hydrogen-bond acceptors (Lipinski definition) is 4. The first-order valence-corrected chi connectivity index (χ1v) is 6.96. The zero-order valence-corrected chi connectivity index (χ0v) is 12.0. The molecule has 2 aromatic rings. The van der Waals surface area contributed by atoms with Crippen molar-refractivity contribution in [3.8, 4) is 11.5 Å². The molecule has 0 saturated carbocycles. The van der Waals surface area contributed by atoms with Crippen molar-refractivity contribution in [3.63, 3.8) is 0 Å². The van der Waals surface area contributed by atoms with Crippen molar-refractivity contribution in [2.24, 2.45) is 0 Å². The molecule has 0 bridgehead atoms. The van der Waals surface area contributed by atoms with E-state index >= 15 is 0 Å². The molecule has 0 amide bonds. The summed E-state index contributed by atoms with van der Waals surface area (Å²) in [6.45, 7) is 6.71. The van der Waals surface area contributed by atoms with Crippen molar-refractivity contribution in [2.45, 2.75) is 27.0 Å². The minimum atomic E-state index is 0.399. The van der Waals surface area contributed by atoms with E-state index in [-0.39, 0.29) is 0 Å². The van der Waals surface area contributed by atoms with Gasteiger partial charge in [-0.1, -0.05) is 19.1 Å². The van der Waals surface area contributed by atoms with E-state index in [0.29, 0.717) is 13.2 Å². The van der Waals surface area contributed by atoms with E-state index in [4.69, 9.17) is 13.9 Å². The molecule has 4 nitrogen and oxygen atoms in total. The number of furan rings is 1. The Morgan fingerprint density at radius 3 is 2.35 bits per heavy atom. The normalized spacial score (nSPS) is 10.5. The van der Waals surface area contributed by atoms with Gasteiger partial charge >= 0.3 is 0 Å². The lowest BCUT2D eigenvalue weighted by Crippen LogP contribution is -2.10. The molecule has 0 radical (unpaired) electrons. The van der Waals surface area contributed by atoms with Crippen LogP contribution in [-0.4, -0.2) is 13.2 Å². The van der Waals surface area contributed by atoms with Gasteiger partial charge in [-0.2, -0.15) is 0 Å². The molecule has 2 rings (SSSR count). The number of para-hydroxylation sites is 2. The maximum atomic E-state index is 5.75. The zero-order chi connectivity index (χ0) is 14.2. The average Bonchev–Trinajstić information content (AvgIpc) is 2.92. The Labute approximate surface area is 119 Å². The summed E-state index contributed by atoms with van der Waals surface area (Å²) >= 11 is 0. The van der Waals surface area contributed by atoms with Crippen LogP contribution >= 0.6 is 0 Å². The number of hydrogen-bond donors (Lipinski definition) is 1. The monoisotopic (exact) mass is 275 g/mol. The van der Waals surface area contributed by atoms with Crippen molar-refractivity contribution in [1.29, 1.82) is 0 Å². The molecule has 1 heterocycles. The first-order chi connectivity index (χ1) is 9.83. The van der Waals surface area contributed by atoms with Crippen LogP contribution in [0.1, 0.15) is 25.4 Å². The molecule has 0 spiro atoms. The first kappa shape index (κ1) is 14.5. The van der Waals surface area contributed by atoms with Gasteiger partial charge in [-0.3, -0.25) is 0 Å². The van der Waals surface area contributed by atoms with Crippen LogP contribution < -0.4 is 14.8 Å². The first-order valence-electron chi connectivity index (χ1n) is 6.96. The molecule has 0 fully saturated rings. The van der Waals surface area contributed by atoms with E-state index < -0.39 is 0 Å². The fourth-order valence-electron chi connectivity index (χ4n) is 1.84. The number of rotatable bonds is 8. The summed E-state index contributed by atoms with van der Waals surface area (Å²) in [6.07, 6.45) is 0. The summed E-state index contributed by atoms with van der Waals surface area (Å²) in [4.78, 5) is 0. The summed E-state index contributed by atoms with van der Waals surface area (Å²) in [5.41, 5.74) is 0. The fraction of sp³-hybridized carbons (Fsp3) is 0.375. The highest BCUT2D eigenvalue weighted by Gasteiger charge is 2.06. The molecule has 0 unspecified atom stereocenters. The summed E-state index contributed by atoms with van der Waals surface area (Å²) in [5, 5.41) is 3.22. The Bertz CT molecular complexity index is 522. The SMILES string of the molecule is CCNCc1ccc(COc2ccccc2OCC)o1. The molecule has 1 aromatic heterocycles. The molecular weight excluding hydrogens is 254 g/mol. The van der Waals surface area contributed by atoms with Gasteiger partial charge in [-0.05, 0) is 37.7 Å². The number of benzene rings is 1. The minimum Gasteiger partial charge on any atom is -0.490 e. The number of ether oxygens (including phenoxy) is 2. The van der Waals surface area contributed by atoms with Crippen LogP contribution in [0, 0.1) is 0 Å². The molecule has 0 atom stereocenters. The molecule has 4 heteroatoms. The van der Waals surface area contributed by atoms with E-state index in [2.05, 4.69) is 12.2 Å². The Morgan fingerprint density at radius 1 is 0.950 bits per heavy atom. The molecule has 0 saturated heterocycles. The van der Waals surface area contributed by atoms with Gasteiger partial charge < -0.3 is 19.2 Å². The second kappa shape index (κ2) is 7.60. The van der Waals surface area contributed by atoms with Crippen LogP contribution in [0.5, 0.6) is 11.5 Å². The predicted octanol–water partition coefficient (Wildman–Crippen LogP) is 3.37. The highest BCUT2D eigenvalue weighted by molar-refractivity contribution is 5.39. The van der Waals surface area contributed by atoms with Crippen LogP contribution in [0.2, 0.25) is 0 Å². The zero-order valence-electron chi connectivity index (χ0n) is 12.0. The summed E-state index contributed by atoms with van der Waals surface area (Å²) in [6, 6.07) is 11.6. The van der Waals surface area contributed by atoms with E-state index in [1.54, 1.807) is 0 Å². The maximum Gasteiger partial charge on any atom is 0.161 e. The van der Waals surface area contributed by atoms with Gasteiger partial charge in [-0.15, -0.1) is 0 Å². The van der Waals surface area contributed by atoms with Crippen molar-refractivity contribution in [3.05, 3.63) is 47.9 Å². The molecule has 0 aliphatic rings. The van der Waals surface area contributed by atoms with Gasteiger partial charge in [0.1, 0.15) is 18.1 Å². The lowest BCUT2D eigenvalue weighted by atomic mass is 10.3. The molecule has 0 aliphatic heterocycles. The third kappa shape index (κ3) is 4.03. The summed E-state index contributed by atoms with van der Waals surface area (Å²) < 4.78 is 17.0. The van der Waals surface area contributed by atoms with Gasteiger partial charge in [0.25, 0.3) is 0 Å². The van der Waals surface area contributed by atoms with E-state index in [9.17, 15) is 0 Å². The second-order valence-electron chi connectivity index (χ2n) is 4.32. The molecule has 1 aromatic carbocycles. The van der Waals surface area contributed by atoms with Gasteiger partial charge in [0, 0.05) is 0 Å². The quantitative estimate of drug-likeness (QED) is 0.802. The second-order valence-corrected chi connectivity index (χ2v) is 4.32. The number of nitrogens with one attached hydrogen (secondary N) is 1. The summed E-state index contributed by atoms with van der Waals surface area (Å²) in [5.74, 6) is 3.22. The van der Waals surface area contributed by atoms with Crippen molar-refractivity contribution >= 4 is 0 Å². The summed E-state index contributed by atoms with van der Waals surface area (Å²) in [7, 11) is 0. The predicted molar refractivity (Wildman–Crippen MR) is 78.0 cm³/mol. The smallest absolute Gasteiger partial charge is 0.161 e. The van der Waals surface area contributed by atoms with Gasteiger partial charge in [0.2, 0.25) is 0 Å². The third-order valence-corrected chi connectivity index (χ3v) is 2.79. The maximum absolute atomic E-state index is 5.75. The van der Waals surface area contributed by atoms with Crippen LogP contribution in [0.4, 0.5) is 0 Å². The van der Waals surface area contributed by atoms with E-state index in [1.165, 1.54) is 0 Å². The van der Waals surface area contributed by atoms with E-state index in [1.807, 2.05) is 43.3 Å². The molecule has 108 valence electrons. The molecule has 20 heavy (non-hydrogen) atoms. The van der Waals surface area contributed by atoms with Crippen LogP contribution in [0.25, 0.3) is 0 Å². The highest BCUT2D eigenvalue weighted by atomic mass is 16.5. The standard InChI is InChI=1S/C16H21NO3/c1-3-17-11-13-9-10-14(20-13)12-19-16-8-6-5-7-15(16)18-4-2/h5-10,17H,3-4,11-12H2,1-2H3. The molecular formula is C16H21NO3. The Hall–Kier alpha value is -1.94. The van der Waals surface area contributed by atoms with Crippen molar-refractivity contribution < 1.29 is 13.9 Å². The highest BCUT2D eigenvalue weighted by Crippen LogP contribution is 2.27.